The van der Waals surface area contributed by atoms with Crippen molar-refractivity contribution in [3.05, 3.63) is 47.7 Å². The van der Waals surface area contributed by atoms with Crippen LogP contribution in [0.25, 0.3) is 0 Å². The molecule has 0 amide bonds. The van der Waals surface area contributed by atoms with Crippen LogP contribution in [0.1, 0.15) is 12.0 Å². The van der Waals surface area contributed by atoms with E-state index in [0.717, 1.165) is 19.5 Å². The molecule has 1 aromatic rings. The van der Waals surface area contributed by atoms with Gasteiger partial charge >= 0.3 is 0 Å². The van der Waals surface area contributed by atoms with Gasteiger partial charge in [-0.15, -0.1) is 0 Å². The molecule has 0 bridgehead atoms. The van der Waals surface area contributed by atoms with Gasteiger partial charge in [0.25, 0.3) is 0 Å². The van der Waals surface area contributed by atoms with Gasteiger partial charge < -0.3 is 5.11 Å². The lowest BCUT2D eigenvalue weighted by molar-refractivity contribution is 0.200. The first-order valence-electron chi connectivity index (χ1n) is 6.42. The molecule has 0 spiro atoms. The van der Waals surface area contributed by atoms with Gasteiger partial charge in [-0.2, -0.15) is 0 Å². The van der Waals surface area contributed by atoms with Crippen LogP contribution in [-0.4, -0.2) is 40.1 Å². The molecule has 1 heterocycles. The van der Waals surface area contributed by atoms with Crippen LogP contribution >= 0.6 is 21.4 Å². The largest absolute Gasteiger partial charge is 0.395 e. The van der Waals surface area contributed by atoms with Crippen molar-refractivity contribution in [1.82, 2.24) is 4.90 Å². The summed E-state index contributed by atoms with van der Waals surface area (Å²) in [6, 6.07) is 10.3. The maximum absolute atomic E-state index is 9.10. The minimum Gasteiger partial charge on any atom is -0.395 e. The molecule has 1 aliphatic rings. The summed E-state index contributed by atoms with van der Waals surface area (Å²) in [6.45, 7) is 2.65. The number of aliphatic hydroxyl groups excluding tert-OH is 1. The van der Waals surface area contributed by atoms with Crippen LogP contribution in [0, 0.1) is 0 Å². The Balaban J connectivity index is 0.000000491. The lowest BCUT2D eigenvalue weighted by Crippen LogP contribution is -2.28. The van der Waals surface area contributed by atoms with E-state index < -0.39 is 9.23 Å². The Labute approximate surface area is 136 Å². The average Bonchev–Trinajstić information content (AvgIpc) is 2.92. The van der Waals surface area contributed by atoms with Crippen LogP contribution in [0.5, 0.6) is 0 Å². The summed E-state index contributed by atoms with van der Waals surface area (Å²) >= 11 is 0. The third-order valence-corrected chi connectivity index (χ3v) is 2.81. The minimum atomic E-state index is -1.67. The number of halogens is 2. The summed E-state index contributed by atoms with van der Waals surface area (Å²) in [5, 5.41) is 9.10. The zero-order valence-corrected chi connectivity index (χ0v) is 13.8. The normalized spacial score (nSPS) is 13.3. The highest BCUT2D eigenvalue weighted by Gasteiger charge is 2.09. The Morgan fingerprint density at radius 1 is 1.24 bits per heavy atom. The molecular weight excluding hydrogens is 331 g/mol. The standard InChI is InChI=1S/C14H18N2O.Cl2OS/c17-9-8-16(12-14-6-7-15-10-14)11-13-4-2-1-3-5-13;1-4(2)3/h1-5,7,10,17H,6,8-9,11-12H2;. The molecule has 0 atom stereocenters. The summed E-state index contributed by atoms with van der Waals surface area (Å²) in [5.74, 6) is 0. The number of benzene rings is 1. The van der Waals surface area contributed by atoms with Crippen molar-refractivity contribution in [2.24, 2.45) is 4.99 Å². The van der Waals surface area contributed by atoms with Gasteiger partial charge in [-0.1, -0.05) is 30.3 Å². The van der Waals surface area contributed by atoms with Gasteiger partial charge in [-0.25, -0.2) is 4.21 Å². The fourth-order valence-corrected chi connectivity index (χ4v) is 1.97. The minimum absolute atomic E-state index is 0.195. The Hall–Kier alpha value is -0.720. The van der Waals surface area contributed by atoms with E-state index in [1.807, 2.05) is 30.6 Å². The first-order valence-corrected chi connectivity index (χ1v) is 9.23. The summed E-state index contributed by atoms with van der Waals surface area (Å²) in [5.41, 5.74) is 2.59. The topological polar surface area (TPSA) is 52.9 Å². The molecule has 21 heavy (non-hydrogen) atoms. The zero-order valence-electron chi connectivity index (χ0n) is 11.5. The Morgan fingerprint density at radius 3 is 2.43 bits per heavy atom. The van der Waals surface area contributed by atoms with Crippen LogP contribution in [0.2, 0.25) is 0 Å². The first-order chi connectivity index (χ1) is 10.1. The molecule has 1 aliphatic heterocycles. The van der Waals surface area contributed by atoms with Gasteiger partial charge in [0.2, 0.25) is 9.23 Å². The van der Waals surface area contributed by atoms with E-state index in [0.29, 0.717) is 6.54 Å². The number of aliphatic hydroxyl groups is 1. The van der Waals surface area contributed by atoms with Crippen molar-refractivity contribution >= 4 is 36.8 Å². The van der Waals surface area contributed by atoms with Gasteiger partial charge in [0.15, 0.2) is 0 Å². The van der Waals surface area contributed by atoms with Crippen molar-refractivity contribution in [3.63, 3.8) is 0 Å². The molecule has 2 rings (SSSR count). The smallest absolute Gasteiger partial charge is 0.211 e. The van der Waals surface area contributed by atoms with Crippen LogP contribution < -0.4 is 0 Å². The fraction of sp³-hybridized carbons (Fsp3) is 0.357. The number of hydrogen-bond donors (Lipinski definition) is 1. The van der Waals surface area contributed by atoms with Crippen molar-refractivity contribution in [1.29, 1.82) is 0 Å². The predicted molar refractivity (Wildman–Crippen MR) is 89.8 cm³/mol. The quantitative estimate of drug-likeness (QED) is 0.804. The fourth-order valence-electron chi connectivity index (χ4n) is 1.97. The van der Waals surface area contributed by atoms with E-state index in [-0.39, 0.29) is 6.61 Å². The SMILES string of the molecule is O=S(Cl)Cl.OCCN(CC1=CN=CC1)Cc1ccccc1. The molecular formula is C14H18Cl2N2O2S. The number of rotatable bonds is 6. The molecule has 1 N–H and O–H groups in total. The molecule has 0 saturated carbocycles. The van der Waals surface area contributed by atoms with Gasteiger partial charge in [-0.3, -0.25) is 9.89 Å². The van der Waals surface area contributed by atoms with Crippen molar-refractivity contribution in [3.8, 4) is 0 Å². The first kappa shape index (κ1) is 18.3. The van der Waals surface area contributed by atoms with E-state index in [1.165, 1.54) is 11.1 Å². The zero-order chi connectivity index (χ0) is 15.5. The van der Waals surface area contributed by atoms with E-state index in [4.69, 9.17) is 9.32 Å². The molecule has 0 fully saturated rings. The van der Waals surface area contributed by atoms with E-state index in [9.17, 15) is 0 Å². The monoisotopic (exact) mass is 348 g/mol. The molecule has 0 aliphatic carbocycles. The molecule has 7 heteroatoms. The lowest BCUT2D eigenvalue weighted by Gasteiger charge is -2.21. The maximum Gasteiger partial charge on any atom is 0.211 e. The van der Waals surface area contributed by atoms with Gasteiger partial charge in [0, 0.05) is 59.8 Å². The summed E-state index contributed by atoms with van der Waals surface area (Å²) < 4.78 is 9.09. The van der Waals surface area contributed by atoms with E-state index >= 15 is 0 Å². The van der Waals surface area contributed by atoms with Crippen LogP contribution in [-0.2, 0) is 15.8 Å². The highest BCUT2D eigenvalue weighted by Crippen LogP contribution is 2.11. The van der Waals surface area contributed by atoms with Crippen LogP contribution in [0.3, 0.4) is 0 Å². The summed E-state index contributed by atoms with van der Waals surface area (Å²) in [6.07, 6.45) is 4.79. The highest BCUT2D eigenvalue weighted by atomic mass is 36.0. The van der Waals surface area contributed by atoms with E-state index in [2.05, 4.69) is 43.4 Å². The Bertz CT molecular complexity index is 491. The molecule has 0 saturated heterocycles. The van der Waals surface area contributed by atoms with Gasteiger partial charge in [0.1, 0.15) is 0 Å². The molecule has 1 aromatic carbocycles. The molecule has 0 radical (unpaired) electrons. The van der Waals surface area contributed by atoms with Gasteiger partial charge in [0.05, 0.1) is 6.61 Å². The molecule has 4 nitrogen and oxygen atoms in total. The summed E-state index contributed by atoms with van der Waals surface area (Å²) in [7, 11) is 7.36. The van der Waals surface area contributed by atoms with Gasteiger partial charge in [-0.05, 0) is 11.1 Å². The Kier molecular flexibility index (Phi) is 9.54. The van der Waals surface area contributed by atoms with Crippen LogP contribution in [0.4, 0.5) is 0 Å². The van der Waals surface area contributed by atoms with Crippen molar-refractivity contribution in [2.75, 3.05) is 19.7 Å². The Morgan fingerprint density at radius 2 is 1.90 bits per heavy atom. The van der Waals surface area contributed by atoms with Crippen molar-refractivity contribution in [2.45, 2.75) is 13.0 Å². The molecule has 0 aromatic heterocycles. The second kappa shape index (κ2) is 10.9. The van der Waals surface area contributed by atoms with Crippen LogP contribution in [0.15, 0.2) is 47.1 Å². The third kappa shape index (κ3) is 9.01. The summed E-state index contributed by atoms with van der Waals surface area (Å²) in [4.78, 5) is 6.35. The number of aliphatic imine (C=N–C) groups is 1. The second-order valence-electron chi connectivity index (χ2n) is 4.43. The average molecular weight is 349 g/mol. The predicted octanol–water partition coefficient (Wildman–Crippen LogP) is 2.88. The molecule has 116 valence electrons. The number of hydrogen-bond acceptors (Lipinski definition) is 4. The van der Waals surface area contributed by atoms with Crippen molar-refractivity contribution < 1.29 is 9.32 Å². The number of nitrogens with zero attached hydrogens (tertiary/aromatic N) is 2. The highest BCUT2D eigenvalue weighted by molar-refractivity contribution is 8.26. The lowest BCUT2D eigenvalue weighted by atomic mass is 10.2. The van der Waals surface area contributed by atoms with E-state index in [1.54, 1.807) is 0 Å². The third-order valence-electron chi connectivity index (χ3n) is 2.81. The maximum atomic E-state index is 9.10. The molecule has 0 unspecified atom stereocenters. The second-order valence-corrected chi connectivity index (χ2v) is 6.95.